The molecule has 0 spiro atoms. The van der Waals surface area contributed by atoms with Crippen LogP contribution < -0.4 is 11.3 Å². The molecule has 0 radical (unpaired) electrons. The normalized spacial score (nSPS) is 26.5. The van der Waals surface area contributed by atoms with Gasteiger partial charge in [-0.05, 0) is 38.0 Å². The minimum atomic E-state index is 0.501. The van der Waals surface area contributed by atoms with Crippen LogP contribution >= 0.6 is 0 Å². The Bertz CT molecular complexity index is 284. The lowest BCUT2D eigenvalue weighted by atomic mass is 9.96. The molecule has 2 fully saturated rings. The fourth-order valence-electron chi connectivity index (χ4n) is 3.49. The number of rotatable bonds is 3. The van der Waals surface area contributed by atoms with E-state index in [9.17, 15) is 0 Å². The highest BCUT2D eigenvalue weighted by atomic mass is 15.4. The molecule has 0 aromatic carbocycles. The van der Waals surface area contributed by atoms with Crippen molar-refractivity contribution in [2.45, 2.75) is 70.8 Å². The van der Waals surface area contributed by atoms with Crippen molar-refractivity contribution in [1.82, 2.24) is 10.3 Å². The molecule has 1 aliphatic heterocycles. The van der Waals surface area contributed by atoms with E-state index in [0.29, 0.717) is 6.04 Å². The first-order valence-corrected chi connectivity index (χ1v) is 8.12. The van der Waals surface area contributed by atoms with E-state index in [1.807, 2.05) is 0 Å². The number of aliphatic imine (C=N–C) groups is 1. The largest absolute Gasteiger partial charge is 0.342 e. The molecule has 110 valence electrons. The predicted octanol–water partition coefficient (Wildman–Crippen LogP) is 2.65. The molecule has 2 aliphatic rings. The number of nitrogens with one attached hydrogen (secondary N) is 1. The minimum Gasteiger partial charge on any atom is -0.342 e. The van der Waals surface area contributed by atoms with E-state index >= 15 is 0 Å². The van der Waals surface area contributed by atoms with Crippen LogP contribution in [0.4, 0.5) is 0 Å². The third kappa shape index (κ3) is 4.37. The standard InChI is InChI=1S/C15H30N4/c1-2-6-13-7-5-11-19(12-10-13)15(18-16)17-14-8-3-4-9-14/h13-14H,2-12,16H2,1H3,(H,17,18). The van der Waals surface area contributed by atoms with Crippen LogP contribution in [0.5, 0.6) is 0 Å². The van der Waals surface area contributed by atoms with Crippen LogP contribution in [0.15, 0.2) is 4.99 Å². The molecule has 1 aliphatic carbocycles. The van der Waals surface area contributed by atoms with E-state index in [1.54, 1.807) is 0 Å². The zero-order valence-corrected chi connectivity index (χ0v) is 12.4. The van der Waals surface area contributed by atoms with Crippen LogP contribution in [0.25, 0.3) is 0 Å². The van der Waals surface area contributed by atoms with Gasteiger partial charge in [-0.1, -0.05) is 32.6 Å². The summed E-state index contributed by atoms with van der Waals surface area (Å²) in [5, 5.41) is 0. The highest BCUT2D eigenvalue weighted by molar-refractivity contribution is 5.79. The highest BCUT2D eigenvalue weighted by Gasteiger charge is 2.21. The number of hydrogen-bond donors (Lipinski definition) is 2. The summed E-state index contributed by atoms with van der Waals surface area (Å²) in [6.07, 6.45) is 11.7. The molecule has 4 nitrogen and oxygen atoms in total. The van der Waals surface area contributed by atoms with Gasteiger partial charge in [0.25, 0.3) is 0 Å². The lowest BCUT2D eigenvalue weighted by molar-refractivity contribution is 0.391. The van der Waals surface area contributed by atoms with Crippen LogP contribution in [0.2, 0.25) is 0 Å². The van der Waals surface area contributed by atoms with Gasteiger partial charge in [0.15, 0.2) is 0 Å². The van der Waals surface area contributed by atoms with E-state index in [0.717, 1.165) is 25.0 Å². The number of guanidine groups is 1. The first-order valence-electron chi connectivity index (χ1n) is 8.12. The van der Waals surface area contributed by atoms with E-state index < -0.39 is 0 Å². The van der Waals surface area contributed by atoms with Gasteiger partial charge in [0.05, 0.1) is 6.04 Å². The molecule has 0 amide bonds. The topological polar surface area (TPSA) is 53.6 Å². The van der Waals surface area contributed by atoms with Crippen LogP contribution in [0, 0.1) is 5.92 Å². The zero-order chi connectivity index (χ0) is 13.5. The zero-order valence-electron chi connectivity index (χ0n) is 12.4. The molecule has 4 heteroatoms. The summed E-state index contributed by atoms with van der Waals surface area (Å²) in [4.78, 5) is 7.21. The summed E-state index contributed by atoms with van der Waals surface area (Å²) < 4.78 is 0. The second-order valence-electron chi connectivity index (χ2n) is 6.11. The van der Waals surface area contributed by atoms with E-state index in [2.05, 4.69) is 17.2 Å². The Morgan fingerprint density at radius 2 is 1.95 bits per heavy atom. The number of likely N-dealkylation sites (tertiary alicyclic amines) is 1. The summed E-state index contributed by atoms with van der Waals surface area (Å²) >= 11 is 0. The Labute approximate surface area is 117 Å². The highest BCUT2D eigenvalue weighted by Crippen LogP contribution is 2.23. The average molecular weight is 266 g/mol. The molecule has 2 rings (SSSR count). The number of hydrazine groups is 1. The van der Waals surface area contributed by atoms with Crippen LogP contribution in [-0.4, -0.2) is 30.0 Å². The van der Waals surface area contributed by atoms with Gasteiger partial charge >= 0.3 is 0 Å². The van der Waals surface area contributed by atoms with Crippen molar-refractivity contribution in [3.05, 3.63) is 0 Å². The van der Waals surface area contributed by atoms with Crippen molar-refractivity contribution in [2.75, 3.05) is 13.1 Å². The molecule has 19 heavy (non-hydrogen) atoms. The number of nitrogens with two attached hydrogens (primary N) is 1. The van der Waals surface area contributed by atoms with Gasteiger partial charge in [-0.25, -0.2) is 10.8 Å². The van der Waals surface area contributed by atoms with Gasteiger partial charge in [0, 0.05) is 13.1 Å². The number of hydrogen-bond acceptors (Lipinski definition) is 2. The van der Waals surface area contributed by atoms with Crippen molar-refractivity contribution in [2.24, 2.45) is 16.8 Å². The van der Waals surface area contributed by atoms with Gasteiger partial charge in [-0.3, -0.25) is 5.43 Å². The lowest BCUT2D eigenvalue weighted by Crippen LogP contribution is -2.46. The van der Waals surface area contributed by atoms with Crippen molar-refractivity contribution in [3.63, 3.8) is 0 Å². The average Bonchev–Trinajstić information content (AvgIpc) is 2.82. The summed E-state index contributed by atoms with van der Waals surface area (Å²) in [5.74, 6) is 7.54. The maximum Gasteiger partial charge on any atom is 0.208 e. The molecule has 1 saturated carbocycles. The van der Waals surface area contributed by atoms with Gasteiger partial charge in [0.1, 0.15) is 0 Å². The van der Waals surface area contributed by atoms with Crippen LogP contribution in [-0.2, 0) is 0 Å². The number of nitrogens with zero attached hydrogens (tertiary/aromatic N) is 2. The Hall–Kier alpha value is -0.770. The quantitative estimate of drug-likeness (QED) is 0.357. The Morgan fingerprint density at radius 1 is 1.16 bits per heavy atom. The first kappa shape index (κ1) is 14.6. The fraction of sp³-hybridized carbons (Fsp3) is 0.933. The van der Waals surface area contributed by atoms with Crippen LogP contribution in [0.1, 0.15) is 64.7 Å². The molecule has 3 N–H and O–H groups in total. The summed E-state index contributed by atoms with van der Waals surface area (Å²) in [7, 11) is 0. The van der Waals surface area contributed by atoms with Crippen molar-refractivity contribution >= 4 is 5.96 Å². The summed E-state index contributed by atoms with van der Waals surface area (Å²) in [5.41, 5.74) is 2.85. The lowest BCUT2D eigenvalue weighted by Gasteiger charge is -2.25. The third-order valence-electron chi connectivity index (χ3n) is 4.60. The van der Waals surface area contributed by atoms with Crippen molar-refractivity contribution < 1.29 is 0 Å². The molecular weight excluding hydrogens is 236 g/mol. The summed E-state index contributed by atoms with van der Waals surface area (Å²) in [6.45, 7) is 4.51. The van der Waals surface area contributed by atoms with Gasteiger partial charge in [-0.15, -0.1) is 0 Å². The summed E-state index contributed by atoms with van der Waals surface area (Å²) in [6, 6.07) is 0.501. The fourth-order valence-corrected chi connectivity index (χ4v) is 3.49. The first-order chi connectivity index (χ1) is 9.33. The molecule has 0 aromatic heterocycles. The third-order valence-corrected chi connectivity index (χ3v) is 4.60. The molecule has 1 saturated heterocycles. The monoisotopic (exact) mass is 266 g/mol. The van der Waals surface area contributed by atoms with Gasteiger partial charge in [0.2, 0.25) is 5.96 Å². The molecule has 1 heterocycles. The predicted molar refractivity (Wildman–Crippen MR) is 80.8 cm³/mol. The Morgan fingerprint density at radius 3 is 2.63 bits per heavy atom. The van der Waals surface area contributed by atoms with Gasteiger partial charge in [-0.2, -0.15) is 0 Å². The maximum absolute atomic E-state index is 5.70. The Balaban J connectivity index is 1.91. The van der Waals surface area contributed by atoms with E-state index in [-0.39, 0.29) is 0 Å². The van der Waals surface area contributed by atoms with Crippen molar-refractivity contribution in [3.8, 4) is 0 Å². The molecule has 1 atom stereocenters. The minimum absolute atomic E-state index is 0.501. The van der Waals surface area contributed by atoms with Gasteiger partial charge < -0.3 is 4.90 Å². The smallest absolute Gasteiger partial charge is 0.208 e. The van der Waals surface area contributed by atoms with Crippen molar-refractivity contribution in [1.29, 1.82) is 0 Å². The molecule has 1 unspecified atom stereocenters. The molecule has 0 aromatic rings. The van der Waals surface area contributed by atoms with E-state index in [4.69, 9.17) is 10.8 Å². The Kier molecular flexibility index (Phi) is 5.95. The second-order valence-corrected chi connectivity index (χ2v) is 6.11. The molecular formula is C15H30N4. The maximum atomic E-state index is 5.70. The van der Waals surface area contributed by atoms with E-state index in [1.165, 1.54) is 57.8 Å². The SMILES string of the molecule is CCCC1CCCN(C(=NC2CCCC2)NN)CC1. The second kappa shape index (κ2) is 7.73. The molecule has 0 bridgehead atoms. The van der Waals surface area contributed by atoms with Crippen LogP contribution in [0.3, 0.4) is 0 Å².